The molecule has 10 nitrogen and oxygen atoms in total. The number of rotatable bonds is 6. The van der Waals surface area contributed by atoms with Gasteiger partial charge in [-0.25, -0.2) is 0 Å². The molecule has 0 unspecified atom stereocenters. The van der Waals surface area contributed by atoms with Crippen molar-refractivity contribution in [3.8, 4) is 0 Å². The van der Waals surface area contributed by atoms with E-state index in [0.717, 1.165) is 6.07 Å². The SMILES string of the molecule is C[C@H](CC(=O)O)NCc1cc([N+](=O)[O-])cc2[nH]c(=O)c(=O)[nH]c12.Cl. The highest BCUT2D eigenvalue weighted by molar-refractivity contribution is 5.85. The molecule has 0 amide bonds. The zero-order chi connectivity index (χ0) is 17.1. The minimum atomic E-state index is -0.980. The lowest BCUT2D eigenvalue weighted by Gasteiger charge is -2.12. The van der Waals surface area contributed by atoms with Gasteiger partial charge in [0.05, 0.1) is 22.4 Å². The number of nitrogens with one attached hydrogen (secondary N) is 3. The van der Waals surface area contributed by atoms with Gasteiger partial charge < -0.3 is 20.4 Å². The number of non-ortho nitro benzene ring substituents is 1. The second-order valence-electron chi connectivity index (χ2n) is 5.07. The molecule has 130 valence electrons. The van der Waals surface area contributed by atoms with E-state index >= 15 is 0 Å². The maximum atomic E-state index is 11.5. The number of carbonyl (C=O) groups is 1. The monoisotopic (exact) mass is 358 g/mol. The number of hydrogen-bond donors (Lipinski definition) is 4. The summed E-state index contributed by atoms with van der Waals surface area (Å²) in [6, 6.07) is 2.03. The minimum Gasteiger partial charge on any atom is -0.481 e. The molecule has 11 heteroatoms. The van der Waals surface area contributed by atoms with Crippen molar-refractivity contribution in [2.24, 2.45) is 0 Å². The van der Waals surface area contributed by atoms with Crippen molar-refractivity contribution >= 4 is 35.1 Å². The number of carboxylic acids is 1. The van der Waals surface area contributed by atoms with Gasteiger partial charge in [-0.3, -0.25) is 24.5 Å². The van der Waals surface area contributed by atoms with Crippen LogP contribution < -0.4 is 16.4 Å². The van der Waals surface area contributed by atoms with Gasteiger partial charge in [0.15, 0.2) is 0 Å². The van der Waals surface area contributed by atoms with Crippen LogP contribution in [0.3, 0.4) is 0 Å². The van der Waals surface area contributed by atoms with Crippen LogP contribution in [-0.2, 0) is 11.3 Å². The lowest BCUT2D eigenvalue weighted by molar-refractivity contribution is -0.384. The van der Waals surface area contributed by atoms with Gasteiger partial charge in [0, 0.05) is 24.7 Å². The van der Waals surface area contributed by atoms with E-state index in [4.69, 9.17) is 5.11 Å². The summed E-state index contributed by atoms with van der Waals surface area (Å²) in [4.78, 5) is 48.5. The van der Waals surface area contributed by atoms with Gasteiger partial charge in [0.25, 0.3) is 5.69 Å². The highest BCUT2D eigenvalue weighted by Gasteiger charge is 2.15. The third-order valence-electron chi connectivity index (χ3n) is 3.23. The van der Waals surface area contributed by atoms with Crippen LogP contribution >= 0.6 is 12.4 Å². The van der Waals surface area contributed by atoms with Crippen LogP contribution in [0.2, 0.25) is 0 Å². The summed E-state index contributed by atoms with van der Waals surface area (Å²) in [5.41, 5.74) is -1.26. The summed E-state index contributed by atoms with van der Waals surface area (Å²) in [6.45, 7) is 1.74. The first-order valence-electron chi connectivity index (χ1n) is 6.66. The van der Waals surface area contributed by atoms with E-state index in [1.54, 1.807) is 6.92 Å². The van der Waals surface area contributed by atoms with E-state index in [1.165, 1.54) is 6.07 Å². The van der Waals surface area contributed by atoms with Crippen molar-refractivity contribution in [2.45, 2.75) is 25.9 Å². The average Bonchev–Trinajstić information content (AvgIpc) is 2.45. The first-order valence-corrected chi connectivity index (χ1v) is 6.66. The molecule has 0 aliphatic heterocycles. The number of fused-ring (bicyclic) bond motifs is 1. The molecule has 0 bridgehead atoms. The Bertz CT molecular complexity index is 890. The molecule has 1 aromatic heterocycles. The number of H-pyrrole nitrogens is 2. The summed E-state index contributed by atoms with van der Waals surface area (Å²) in [5, 5.41) is 22.6. The Balaban J connectivity index is 0.00000288. The summed E-state index contributed by atoms with van der Waals surface area (Å²) in [7, 11) is 0. The van der Waals surface area contributed by atoms with Crippen LogP contribution in [-0.4, -0.2) is 32.0 Å². The van der Waals surface area contributed by atoms with Gasteiger partial charge in [-0.2, -0.15) is 0 Å². The van der Waals surface area contributed by atoms with Crippen LogP contribution in [0.25, 0.3) is 11.0 Å². The highest BCUT2D eigenvalue weighted by atomic mass is 35.5. The van der Waals surface area contributed by atoms with Gasteiger partial charge in [-0.1, -0.05) is 0 Å². The number of aliphatic carboxylic acids is 1. The molecular formula is C13H15ClN4O6. The Kier molecular flexibility index (Phi) is 6.20. The number of aromatic amines is 2. The number of aromatic nitrogens is 2. The summed E-state index contributed by atoms with van der Waals surface area (Å²) in [5.74, 6) is -0.980. The molecule has 4 N–H and O–H groups in total. The van der Waals surface area contributed by atoms with Gasteiger partial charge in [-0.05, 0) is 12.5 Å². The smallest absolute Gasteiger partial charge is 0.314 e. The van der Waals surface area contributed by atoms with Crippen LogP contribution in [0.15, 0.2) is 21.7 Å². The van der Waals surface area contributed by atoms with Crippen LogP contribution in [0.1, 0.15) is 18.9 Å². The Morgan fingerprint density at radius 1 is 1.33 bits per heavy atom. The Morgan fingerprint density at radius 2 is 1.96 bits per heavy atom. The number of nitrogens with zero attached hydrogens (tertiary/aromatic N) is 1. The van der Waals surface area contributed by atoms with Crippen molar-refractivity contribution in [1.82, 2.24) is 15.3 Å². The maximum absolute atomic E-state index is 11.5. The van der Waals surface area contributed by atoms with E-state index in [-0.39, 0.29) is 48.1 Å². The molecule has 0 radical (unpaired) electrons. The zero-order valence-electron chi connectivity index (χ0n) is 12.5. The first-order chi connectivity index (χ1) is 10.8. The Labute approximate surface area is 140 Å². The van der Waals surface area contributed by atoms with Crippen molar-refractivity contribution < 1.29 is 14.8 Å². The molecule has 0 saturated heterocycles. The number of nitro groups is 1. The molecule has 1 aromatic carbocycles. The molecule has 0 aliphatic carbocycles. The molecule has 0 fully saturated rings. The lowest BCUT2D eigenvalue weighted by atomic mass is 10.1. The fraction of sp³-hybridized carbons (Fsp3) is 0.308. The molecule has 0 aliphatic rings. The average molecular weight is 359 g/mol. The van der Waals surface area contributed by atoms with E-state index in [0.29, 0.717) is 5.56 Å². The van der Waals surface area contributed by atoms with E-state index in [1.807, 2.05) is 0 Å². The first kappa shape index (κ1) is 19.3. The third kappa shape index (κ3) is 4.40. The topological polar surface area (TPSA) is 158 Å². The minimum absolute atomic E-state index is 0. The molecule has 24 heavy (non-hydrogen) atoms. The van der Waals surface area contributed by atoms with Gasteiger partial charge >= 0.3 is 17.1 Å². The second-order valence-corrected chi connectivity index (χ2v) is 5.07. The maximum Gasteiger partial charge on any atom is 0.314 e. The largest absolute Gasteiger partial charge is 0.481 e. The fourth-order valence-electron chi connectivity index (χ4n) is 2.14. The van der Waals surface area contributed by atoms with E-state index < -0.39 is 22.0 Å². The molecule has 0 spiro atoms. The van der Waals surface area contributed by atoms with Crippen LogP contribution in [0.4, 0.5) is 5.69 Å². The van der Waals surface area contributed by atoms with Crippen molar-refractivity contribution in [2.75, 3.05) is 0 Å². The Hall–Kier alpha value is -2.72. The number of benzene rings is 1. The second kappa shape index (κ2) is 7.70. The number of nitro benzene ring substituents is 1. The summed E-state index contributed by atoms with van der Waals surface area (Å²) in [6.07, 6.45) is -0.125. The summed E-state index contributed by atoms with van der Waals surface area (Å²) < 4.78 is 0. The van der Waals surface area contributed by atoms with Gasteiger partial charge in [0.1, 0.15) is 0 Å². The van der Waals surface area contributed by atoms with Crippen molar-refractivity contribution in [3.05, 3.63) is 48.5 Å². The number of halogens is 1. The quantitative estimate of drug-likeness (QED) is 0.332. The van der Waals surface area contributed by atoms with Gasteiger partial charge in [0.2, 0.25) is 0 Å². The predicted molar refractivity (Wildman–Crippen MR) is 87.6 cm³/mol. The van der Waals surface area contributed by atoms with Crippen molar-refractivity contribution in [3.63, 3.8) is 0 Å². The zero-order valence-corrected chi connectivity index (χ0v) is 13.3. The summed E-state index contributed by atoms with van der Waals surface area (Å²) >= 11 is 0. The standard InChI is InChI=1S/C13H14N4O6.ClH/c1-6(2-10(18)19)14-5-7-3-8(17(22)23)4-9-11(7)16-13(21)12(20)15-9;/h3-4,6,14H,2,5H2,1H3,(H,15,20)(H,16,21)(H,18,19);1H/t6-;/m1./s1. The highest BCUT2D eigenvalue weighted by Crippen LogP contribution is 2.21. The molecule has 1 heterocycles. The van der Waals surface area contributed by atoms with E-state index in [9.17, 15) is 24.5 Å². The normalized spacial score (nSPS) is 11.7. The Morgan fingerprint density at radius 3 is 2.54 bits per heavy atom. The molecule has 1 atom stereocenters. The molecule has 2 aromatic rings. The third-order valence-corrected chi connectivity index (χ3v) is 3.23. The molecule has 0 saturated carbocycles. The van der Waals surface area contributed by atoms with Crippen molar-refractivity contribution in [1.29, 1.82) is 0 Å². The lowest BCUT2D eigenvalue weighted by Crippen LogP contribution is -2.31. The predicted octanol–water partition coefficient (Wildman–Crippen LogP) is 0.499. The molecule has 2 rings (SSSR count). The van der Waals surface area contributed by atoms with Crippen LogP contribution in [0, 0.1) is 10.1 Å². The van der Waals surface area contributed by atoms with Gasteiger partial charge in [-0.15, -0.1) is 12.4 Å². The number of carboxylic acid groups (broad SMARTS) is 1. The molecular weight excluding hydrogens is 344 g/mol. The van der Waals surface area contributed by atoms with Crippen LogP contribution in [0.5, 0.6) is 0 Å². The number of hydrogen-bond acceptors (Lipinski definition) is 6. The van der Waals surface area contributed by atoms with E-state index in [2.05, 4.69) is 15.3 Å². The fourth-order valence-corrected chi connectivity index (χ4v) is 2.14.